The van der Waals surface area contributed by atoms with Crippen LogP contribution in [-0.4, -0.2) is 77.7 Å². The minimum absolute atomic E-state index is 0.0349. The van der Waals surface area contributed by atoms with Gasteiger partial charge in [-0.3, -0.25) is 0 Å². The zero-order valence-corrected chi connectivity index (χ0v) is 45.9. The van der Waals surface area contributed by atoms with Crippen LogP contribution in [0.5, 0.6) is 63.2 Å². The molecule has 0 aliphatic rings. The lowest BCUT2D eigenvalue weighted by Gasteiger charge is -2.19. The number of aliphatic hydroxyl groups is 1. The Balaban J connectivity index is 1.04. The van der Waals surface area contributed by atoms with Gasteiger partial charge in [-0.25, -0.2) is 19.2 Å². The quantitative estimate of drug-likeness (QED) is 0.0344. The third kappa shape index (κ3) is 15.5. The molecule has 0 amide bonds. The summed E-state index contributed by atoms with van der Waals surface area (Å²) >= 11 is 0. The first-order valence-electron chi connectivity index (χ1n) is 26.1. The van der Waals surface area contributed by atoms with E-state index < -0.39 is 30.5 Å². The predicted molar refractivity (Wildman–Crippen MR) is 294 cm³/mol. The van der Waals surface area contributed by atoms with Gasteiger partial charge in [0.05, 0.1) is 66.5 Å². The summed E-state index contributed by atoms with van der Waals surface area (Å²) < 4.78 is 62.7. The lowest BCUT2D eigenvalue weighted by atomic mass is 10.0. The van der Waals surface area contributed by atoms with Gasteiger partial charge in [-0.15, -0.1) is 0 Å². The second kappa shape index (κ2) is 29.3. The summed E-state index contributed by atoms with van der Waals surface area (Å²) in [5.74, 6) is 0.564. The van der Waals surface area contributed by atoms with E-state index in [4.69, 9.17) is 52.1 Å². The summed E-state index contributed by atoms with van der Waals surface area (Å²) in [6, 6.07) is 28.3. The number of methoxy groups -OCH3 is 5. The SMILES string of the molecule is CCCCC(CC)COc1cc(OC)c(C(=O)Oc2ccc(C(=O)Oc3ccc(-c4ccc(OC(=O)c5ccc(OC(=O)c6cc(OC)c(OCC(CC)CCCC)cc6OC)c(OC)c5)cc4)cc3)cc2CO)cc1OC. The number of carbonyl (C=O) groups is 4. The molecule has 0 saturated carbocycles. The first kappa shape index (κ1) is 59.0. The van der Waals surface area contributed by atoms with E-state index in [1.54, 1.807) is 60.7 Å². The number of rotatable bonds is 29. The Morgan fingerprint density at radius 3 is 1.21 bits per heavy atom. The zero-order valence-electron chi connectivity index (χ0n) is 45.9. The van der Waals surface area contributed by atoms with Gasteiger partial charge in [-0.05, 0) is 96.5 Å². The zero-order chi connectivity index (χ0) is 56.1. The van der Waals surface area contributed by atoms with Crippen molar-refractivity contribution in [1.82, 2.24) is 0 Å². The maximum Gasteiger partial charge on any atom is 0.347 e. The Morgan fingerprint density at radius 2 is 0.808 bits per heavy atom. The van der Waals surface area contributed by atoms with Gasteiger partial charge in [0.1, 0.15) is 39.9 Å². The van der Waals surface area contributed by atoms with Crippen molar-refractivity contribution in [3.05, 3.63) is 137 Å². The number of ether oxygens (including phenoxy) is 11. The molecule has 0 radical (unpaired) electrons. The van der Waals surface area contributed by atoms with E-state index in [-0.39, 0.29) is 68.1 Å². The molecule has 16 nitrogen and oxygen atoms in total. The number of unbranched alkanes of at least 4 members (excludes halogenated alkanes) is 2. The monoisotopic (exact) mass is 1070 g/mol. The highest BCUT2D eigenvalue weighted by Crippen LogP contribution is 2.39. The van der Waals surface area contributed by atoms with Crippen molar-refractivity contribution in [2.24, 2.45) is 11.8 Å². The molecule has 0 heterocycles. The first-order chi connectivity index (χ1) is 37.8. The number of carbonyl (C=O) groups excluding carboxylic acids is 4. The van der Waals surface area contributed by atoms with Gasteiger partial charge in [0.2, 0.25) is 0 Å². The fraction of sp³-hybridized carbons (Fsp3) is 0.355. The van der Waals surface area contributed by atoms with Crippen LogP contribution >= 0.6 is 0 Å². The fourth-order valence-electron chi connectivity index (χ4n) is 8.38. The summed E-state index contributed by atoms with van der Waals surface area (Å²) in [6.07, 6.45) is 8.44. The molecule has 0 aromatic heterocycles. The van der Waals surface area contributed by atoms with Crippen molar-refractivity contribution >= 4 is 23.9 Å². The Labute approximate surface area is 456 Å². The summed E-state index contributed by atoms with van der Waals surface area (Å²) in [4.78, 5) is 53.7. The smallest absolute Gasteiger partial charge is 0.347 e. The molecule has 16 heteroatoms. The molecule has 0 bridgehead atoms. The summed E-state index contributed by atoms with van der Waals surface area (Å²) in [5.41, 5.74) is 2.16. The van der Waals surface area contributed by atoms with E-state index in [1.165, 1.54) is 84.1 Å². The molecule has 0 aliphatic carbocycles. The Bertz CT molecular complexity index is 2770. The van der Waals surface area contributed by atoms with Gasteiger partial charge >= 0.3 is 23.9 Å². The molecule has 6 aromatic carbocycles. The first-order valence-corrected chi connectivity index (χ1v) is 26.1. The maximum absolute atomic E-state index is 13.5. The number of esters is 4. The van der Waals surface area contributed by atoms with Gasteiger partial charge in [0.15, 0.2) is 34.5 Å². The molecular formula is C62H70O16. The highest BCUT2D eigenvalue weighted by Gasteiger charge is 2.25. The van der Waals surface area contributed by atoms with Crippen molar-refractivity contribution in [2.75, 3.05) is 48.8 Å². The van der Waals surface area contributed by atoms with Crippen LogP contribution in [0.15, 0.2) is 109 Å². The highest BCUT2D eigenvalue weighted by molar-refractivity contribution is 5.97. The summed E-state index contributed by atoms with van der Waals surface area (Å²) in [7, 11) is 7.23. The second-order valence-corrected chi connectivity index (χ2v) is 18.3. The van der Waals surface area contributed by atoms with Gasteiger partial charge < -0.3 is 57.2 Å². The Morgan fingerprint density at radius 1 is 0.410 bits per heavy atom. The minimum atomic E-state index is -0.774. The second-order valence-electron chi connectivity index (χ2n) is 18.3. The topological polar surface area (TPSA) is 190 Å². The van der Waals surface area contributed by atoms with Crippen LogP contribution in [0.3, 0.4) is 0 Å². The number of hydrogen-bond acceptors (Lipinski definition) is 16. The standard InChI is InChI=1S/C62H70O16/c1-10-14-16-39(12-3)37-73-57-34-52(68-5)48(32-55(57)71-8)61(66)77-50-28-22-43(30-45(50)36-63)59(64)75-46-24-18-41(19-25-46)42-20-26-47(27-21-42)76-60(65)44-23-29-51(54(31-44)70-7)78-62(67)49-33-56(72-9)58(35-53(49)69-6)74-38-40(13-4)17-15-11-2/h18-35,39-40,63H,10-17,36-38H2,1-9H3. The molecule has 2 atom stereocenters. The Kier molecular flexibility index (Phi) is 22.2. The number of hydrogen-bond donors (Lipinski definition) is 1. The van der Waals surface area contributed by atoms with Crippen LogP contribution in [0.1, 0.15) is 126 Å². The molecule has 0 aliphatic heterocycles. The van der Waals surface area contributed by atoms with Crippen molar-refractivity contribution in [3.8, 4) is 74.4 Å². The molecule has 1 N–H and O–H groups in total. The lowest BCUT2D eigenvalue weighted by Crippen LogP contribution is -2.14. The average molecular weight is 1070 g/mol. The third-order valence-electron chi connectivity index (χ3n) is 13.2. The molecule has 0 spiro atoms. The van der Waals surface area contributed by atoms with Crippen molar-refractivity contribution in [2.45, 2.75) is 85.7 Å². The van der Waals surface area contributed by atoms with E-state index in [2.05, 4.69) is 27.7 Å². The molecule has 6 aromatic rings. The van der Waals surface area contributed by atoms with Crippen LogP contribution in [0.4, 0.5) is 0 Å². The number of benzene rings is 6. The summed E-state index contributed by atoms with van der Waals surface area (Å²) in [6.45, 7) is 9.01. The van der Waals surface area contributed by atoms with E-state index in [9.17, 15) is 24.3 Å². The van der Waals surface area contributed by atoms with E-state index in [1.807, 2.05) is 0 Å². The molecule has 0 saturated heterocycles. The Hall–Kier alpha value is -8.24. The van der Waals surface area contributed by atoms with E-state index >= 15 is 0 Å². The molecule has 6 rings (SSSR count). The van der Waals surface area contributed by atoms with Crippen LogP contribution < -0.4 is 52.1 Å². The third-order valence-corrected chi connectivity index (χ3v) is 13.2. The average Bonchev–Trinajstić information content (AvgIpc) is 3.50. The highest BCUT2D eigenvalue weighted by atomic mass is 16.6. The maximum atomic E-state index is 13.5. The van der Waals surface area contributed by atoms with Gasteiger partial charge in [-0.2, -0.15) is 0 Å². The number of aliphatic hydroxyl groups excluding tert-OH is 1. The van der Waals surface area contributed by atoms with Gasteiger partial charge in [0, 0.05) is 29.8 Å². The van der Waals surface area contributed by atoms with Crippen molar-refractivity contribution in [1.29, 1.82) is 0 Å². The van der Waals surface area contributed by atoms with Crippen LogP contribution in [0.25, 0.3) is 11.1 Å². The van der Waals surface area contributed by atoms with Crippen LogP contribution in [0.2, 0.25) is 0 Å². The van der Waals surface area contributed by atoms with Crippen molar-refractivity contribution < 1.29 is 76.4 Å². The molecule has 0 fully saturated rings. The van der Waals surface area contributed by atoms with Crippen LogP contribution in [-0.2, 0) is 6.61 Å². The van der Waals surface area contributed by atoms with Gasteiger partial charge in [0.25, 0.3) is 0 Å². The lowest BCUT2D eigenvalue weighted by molar-refractivity contribution is 0.0713. The van der Waals surface area contributed by atoms with Gasteiger partial charge in [-0.1, -0.05) is 90.5 Å². The van der Waals surface area contributed by atoms with E-state index in [0.717, 1.165) is 62.5 Å². The molecular weight excluding hydrogens is 1000 g/mol. The molecule has 414 valence electrons. The largest absolute Gasteiger partial charge is 0.496 e. The normalized spacial score (nSPS) is 11.6. The molecule has 2 unspecified atom stereocenters. The van der Waals surface area contributed by atoms with E-state index in [0.29, 0.717) is 48.0 Å². The van der Waals surface area contributed by atoms with Crippen molar-refractivity contribution in [3.63, 3.8) is 0 Å². The predicted octanol–water partition coefficient (Wildman–Crippen LogP) is 13.0. The summed E-state index contributed by atoms with van der Waals surface area (Å²) in [5, 5.41) is 10.2. The molecule has 78 heavy (non-hydrogen) atoms. The minimum Gasteiger partial charge on any atom is -0.496 e. The van der Waals surface area contributed by atoms with Crippen LogP contribution in [0, 0.1) is 11.8 Å². The fourth-order valence-corrected chi connectivity index (χ4v) is 8.38.